The number of benzene rings is 2. The van der Waals surface area contributed by atoms with Crippen molar-refractivity contribution in [3.63, 3.8) is 0 Å². The molecule has 2 aromatic rings. The zero-order valence-electron chi connectivity index (χ0n) is 16.5. The predicted molar refractivity (Wildman–Crippen MR) is 107 cm³/mol. The van der Waals surface area contributed by atoms with Crippen LogP contribution in [0.3, 0.4) is 0 Å². The molecule has 0 heterocycles. The summed E-state index contributed by atoms with van der Waals surface area (Å²) >= 11 is 0. The Kier molecular flexibility index (Phi) is 6.81. The van der Waals surface area contributed by atoms with Gasteiger partial charge in [-0.2, -0.15) is 0 Å². The van der Waals surface area contributed by atoms with Crippen molar-refractivity contribution in [2.24, 2.45) is 5.41 Å². The SMILES string of the molecule is CC(Oc1ccc(-c2ccccc2)cc1)C(=O)NCC(C)(C)CN(C)C. The number of carbonyl (C=O) groups excluding carboxylic acids is 1. The predicted octanol–water partition coefficient (Wildman–Crippen LogP) is 3.82. The molecule has 2 rings (SSSR count). The number of nitrogens with one attached hydrogen (secondary N) is 1. The number of rotatable bonds is 8. The zero-order chi connectivity index (χ0) is 19.2. The summed E-state index contributed by atoms with van der Waals surface area (Å²) in [6, 6.07) is 18.0. The van der Waals surface area contributed by atoms with Crippen molar-refractivity contribution in [1.29, 1.82) is 0 Å². The summed E-state index contributed by atoms with van der Waals surface area (Å²) in [6.45, 7) is 7.58. The second-order valence-electron chi connectivity index (χ2n) is 7.77. The standard InChI is InChI=1S/C22H30N2O2/c1-17(21(25)23-15-22(2,3)16-24(4)5)26-20-13-11-19(12-14-20)18-9-7-6-8-10-18/h6-14,17H,15-16H2,1-5H3,(H,23,25). The van der Waals surface area contributed by atoms with E-state index in [0.717, 1.165) is 17.7 Å². The van der Waals surface area contributed by atoms with E-state index in [4.69, 9.17) is 4.74 Å². The van der Waals surface area contributed by atoms with Crippen LogP contribution in [0.15, 0.2) is 54.6 Å². The smallest absolute Gasteiger partial charge is 0.260 e. The lowest BCUT2D eigenvalue weighted by Gasteiger charge is -2.29. The van der Waals surface area contributed by atoms with Gasteiger partial charge in [0.25, 0.3) is 5.91 Å². The van der Waals surface area contributed by atoms with Crippen LogP contribution in [0.2, 0.25) is 0 Å². The molecule has 4 nitrogen and oxygen atoms in total. The summed E-state index contributed by atoms with van der Waals surface area (Å²) in [4.78, 5) is 14.4. The van der Waals surface area contributed by atoms with Gasteiger partial charge in [-0.15, -0.1) is 0 Å². The van der Waals surface area contributed by atoms with E-state index in [9.17, 15) is 4.79 Å². The molecule has 26 heavy (non-hydrogen) atoms. The highest BCUT2D eigenvalue weighted by Crippen LogP contribution is 2.22. The molecule has 0 saturated carbocycles. The highest BCUT2D eigenvalue weighted by molar-refractivity contribution is 5.80. The molecule has 0 aliphatic carbocycles. The van der Waals surface area contributed by atoms with Crippen LogP contribution < -0.4 is 10.1 Å². The van der Waals surface area contributed by atoms with Crippen molar-refractivity contribution in [1.82, 2.24) is 10.2 Å². The summed E-state index contributed by atoms with van der Waals surface area (Å²) in [5.41, 5.74) is 2.30. The van der Waals surface area contributed by atoms with E-state index < -0.39 is 6.10 Å². The molecule has 140 valence electrons. The van der Waals surface area contributed by atoms with Crippen molar-refractivity contribution in [2.45, 2.75) is 26.9 Å². The van der Waals surface area contributed by atoms with Crippen LogP contribution in [0.4, 0.5) is 0 Å². The lowest BCUT2D eigenvalue weighted by atomic mass is 9.93. The van der Waals surface area contributed by atoms with Crippen LogP contribution in [0.25, 0.3) is 11.1 Å². The van der Waals surface area contributed by atoms with Crippen molar-refractivity contribution in [3.05, 3.63) is 54.6 Å². The van der Waals surface area contributed by atoms with Gasteiger partial charge in [-0.1, -0.05) is 56.3 Å². The first-order chi connectivity index (χ1) is 12.3. The molecule has 0 saturated heterocycles. The minimum atomic E-state index is -0.535. The van der Waals surface area contributed by atoms with Crippen molar-refractivity contribution < 1.29 is 9.53 Å². The lowest BCUT2D eigenvalue weighted by molar-refractivity contribution is -0.127. The Hall–Kier alpha value is -2.33. The molecule has 0 aromatic heterocycles. The van der Waals surface area contributed by atoms with Crippen LogP contribution in [0.1, 0.15) is 20.8 Å². The largest absolute Gasteiger partial charge is 0.481 e. The summed E-state index contributed by atoms with van der Waals surface area (Å²) in [6.07, 6.45) is -0.535. The van der Waals surface area contributed by atoms with Gasteiger partial charge >= 0.3 is 0 Å². The van der Waals surface area contributed by atoms with Crippen LogP contribution in [0.5, 0.6) is 5.75 Å². The second kappa shape index (κ2) is 8.86. The minimum Gasteiger partial charge on any atom is -0.481 e. The van der Waals surface area contributed by atoms with E-state index in [1.54, 1.807) is 6.92 Å². The Bertz CT molecular complexity index is 694. The third kappa shape index (κ3) is 6.19. The van der Waals surface area contributed by atoms with Crippen molar-refractivity contribution in [3.8, 4) is 16.9 Å². The number of amides is 1. The Morgan fingerprint density at radius 2 is 1.62 bits per heavy atom. The van der Waals surface area contributed by atoms with Crippen LogP contribution in [0, 0.1) is 5.41 Å². The summed E-state index contributed by atoms with van der Waals surface area (Å²) < 4.78 is 5.79. The molecular weight excluding hydrogens is 324 g/mol. The molecule has 1 N–H and O–H groups in total. The van der Waals surface area contributed by atoms with Gasteiger partial charge in [-0.25, -0.2) is 0 Å². The average molecular weight is 354 g/mol. The molecule has 0 bridgehead atoms. The number of hydrogen-bond donors (Lipinski definition) is 1. The fraction of sp³-hybridized carbons (Fsp3) is 0.409. The maximum Gasteiger partial charge on any atom is 0.260 e. The van der Waals surface area contributed by atoms with Gasteiger partial charge in [0, 0.05) is 13.1 Å². The Labute approximate surface area is 157 Å². The summed E-state index contributed by atoms with van der Waals surface area (Å²) in [7, 11) is 4.07. The summed E-state index contributed by atoms with van der Waals surface area (Å²) in [5, 5.41) is 2.99. The van der Waals surface area contributed by atoms with Gasteiger partial charge in [-0.3, -0.25) is 4.79 Å². The van der Waals surface area contributed by atoms with Crippen molar-refractivity contribution >= 4 is 5.91 Å². The zero-order valence-corrected chi connectivity index (χ0v) is 16.5. The fourth-order valence-corrected chi connectivity index (χ4v) is 3.00. The first kappa shape index (κ1) is 20.0. The lowest BCUT2D eigenvalue weighted by Crippen LogP contribution is -2.44. The minimum absolute atomic E-state index is 0.0101. The van der Waals surface area contributed by atoms with Gasteiger partial charge in [0.1, 0.15) is 5.75 Å². The van der Waals surface area contributed by atoms with Crippen LogP contribution in [-0.4, -0.2) is 44.1 Å². The molecule has 0 spiro atoms. The van der Waals surface area contributed by atoms with E-state index in [2.05, 4.69) is 36.2 Å². The molecule has 1 amide bonds. The second-order valence-corrected chi connectivity index (χ2v) is 7.77. The third-order valence-corrected chi connectivity index (χ3v) is 4.13. The first-order valence-corrected chi connectivity index (χ1v) is 9.01. The molecule has 1 unspecified atom stereocenters. The fourth-order valence-electron chi connectivity index (χ4n) is 3.00. The first-order valence-electron chi connectivity index (χ1n) is 9.01. The number of hydrogen-bond acceptors (Lipinski definition) is 3. The molecule has 0 aliphatic heterocycles. The molecule has 1 atom stereocenters. The highest BCUT2D eigenvalue weighted by atomic mass is 16.5. The molecule has 0 fully saturated rings. The number of carbonyl (C=O) groups is 1. The third-order valence-electron chi connectivity index (χ3n) is 4.13. The normalized spacial score (nSPS) is 12.7. The Morgan fingerprint density at radius 3 is 2.19 bits per heavy atom. The molecule has 0 aliphatic rings. The molecule has 2 aromatic carbocycles. The van der Waals surface area contributed by atoms with E-state index in [0.29, 0.717) is 12.3 Å². The number of nitrogens with zero attached hydrogens (tertiary/aromatic N) is 1. The van der Waals surface area contributed by atoms with Crippen molar-refractivity contribution in [2.75, 3.05) is 27.2 Å². The van der Waals surface area contributed by atoms with E-state index in [1.165, 1.54) is 0 Å². The van der Waals surface area contributed by atoms with E-state index in [1.807, 2.05) is 56.6 Å². The maximum atomic E-state index is 12.3. The van der Waals surface area contributed by atoms with Gasteiger partial charge < -0.3 is 15.0 Å². The van der Waals surface area contributed by atoms with Crippen LogP contribution >= 0.6 is 0 Å². The van der Waals surface area contributed by atoms with E-state index in [-0.39, 0.29) is 11.3 Å². The number of ether oxygens (including phenoxy) is 1. The Morgan fingerprint density at radius 1 is 1.04 bits per heavy atom. The van der Waals surface area contributed by atoms with Gasteiger partial charge in [0.15, 0.2) is 6.10 Å². The van der Waals surface area contributed by atoms with E-state index >= 15 is 0 Å². The summed E-state index contributed by atoms with van der Waals surface area (Å²) in [5.74, 6) is 0.601. The van der Waals surface area contributed by atoms with Crippen LogP contribution in [-0.2, 0) is 4.79 Å². The molecular formula is C22H30N2O2. The van der Waals surface area contributed by atoms with Gasteiger partial charge in [-0.05, 0) is 49.7 Å². The maximum absolute atomic E-state index is 12.3. The quantitative estimate of drug-likeness (QED) is 0.783. The highest BCUT2D eigenvalue weighted by Gasteiger charge is 2.22. The topological polar surface area (TPSA) is 41.6 Å². The molecule has 4 heteroatoms. The van der Waals surface area contributed by atoms with Gasteiger partial charge in [0.05, 0.1) is 0 Å². The Balaban J connectivity index is 1.88. The monoisotopic (exact) mass is 354 g/mol. The molecule has 0 radical (unpaired) electrons. The van der Waals surface area contributed by atoms with Gasteiger partial charge in [0.2, 0.25) is 0 Å². The average Bonchev–Trinajstić information content (AvgIpc) is 2.60.